The van der Waals surface area contributed by atoms with Crippen LogP contribution >= 0.6 is 11.6 Å². The topological polar surface area (TPSA) is 77.5 Å². The fourth-order valence-electron chi connectivity index (χ4n) is 2.35. The van der Waals surface area contributed by atoms with E-state index in [1.54, 1.807) is 42.5 Å². The summed E-state index contributed by atoms with van der Waals surface area (Å²) in [5.74, 6) is 1.01. The van der Waals surface area contributed by atoms with Crippen molar-refractivity contribution in [1.82, 2.24) is 0 Å². The monoisotopic (exact) mass is 356 g/mol. The van der Waals surface area contributed by atoms with Crippen LogP contribution in [-0.2, 0) is 0 Å². The molecule has 5 nitrogen and oxygen atoms in total. The molecule has 1 heterocycles. The molecule has 0 aliphatic rings. The normalized spacial score (nSPS) is 10.5. The molecule has 0 atom stereocenters. The lowest BCUT2D eigenvalue weighted by atomic mass is 10.2. The summed E-state index contributed by atoms with van der Waals surface area (Å²) in [5.41, 5.74) is 7.66. The van der Waals surface area contributed by atoms with Crippen molar-refractivity contribution >= 4 is 28.9 Å². The summed E-state index contributed by atoms with van der Waals surface area (Å²) in [7, 11) is 0. The summed E-state index contributed by atoms with van der Waals surface area (Å²) in [4.78, 5) is 12.4. The van der Waals surface area contributed by atoms with Gasteiger partial charge in [0.25, 0.3) is 5.91 Å². The van der Waals surface area contributed by atoms with E-state index in [0.29, 0.717) is 34.5 Å². The first-order valence-electron chi connectivity index (χ1n) is 7.76. The highest BCUT2D eigenvalue weighted by Crippen LogP contribution is 2.27. The quantitative estimate of drug-likeness (QED) is 0.641. The van der Waals surface area contributed by atoms with E-state index < -0.39 is 0 Å². The predicted octanol–water partition coefficient (Wildman–Crippen LogP) is 4.83. The van der Waals surface area contributed by atoms with Crippen LogP contribution in [0.15, 0.2) is 59.0 Å². The van der Waals surface area contributed by atoms with E-state index in [9.17, 15) is 4.79 Å². The number of carbonyl (C=O) groups excluding carboxylic acids is 1. The third-order valence-electron chi connectivity index (χ3n) is 3.52. The zero-order valence-corrected chi connectivity index (χ0v) is 14.3. The van der Waals surface area contributed by atoms with Crippen LogP contribution in [0.3, 0.4) is 0 Å². The fraction of sp³-hybridized carbons (Fsp3) is 0.105. The van der Waals surface area contributed by atoms with Crippen molar-refractivity contribution in [3.05, 3.63) is 65.4 Å². The van der Waals surface area contributed by atoms with E-state index in [0.717, 1.165) is 5.56 Å². The van der Waals surface area contributed by atoms with E-state index in [2.05, 4.69) is 5.32 Å². The van der Waals surface area contributed by atoms with Crippen molar-refractivity contribution in [1.29, 1.82) is 0 Å². The first-order valence-corrected chi connectivity index (χ1v) is 8.14. The van der Waals surface area contributed by atoms with Crippen LogP contribution in [0.4, 0.5) is 11.4 Å². The Morgan fingerprint density at radius 2 is 2.04 bits per heavy atom. The Bertz CT molecular complexity index is 905. The molecule has 3 N–H and O–H groups in total. The number of furan rings is 1. The Balaban J connectivity index is 1.76. The van der Waals surface area contributed by atoms with Gasteiger partial charge in [0, 0.05) is 16.7 Å². The second kappa shape index (κ2) is 7.32. The average molecular weight is 357 g/mol. The molecule has 0 spiro atoms. The van der Waals surface area contributed by atoms with Crippen LogP contribution in [-0.4, -0.2) is 12.5 Å². The van der Waals surface area contributed by atoms with Gasteiger partial charge in [-0.25, -0.2) is 0 Å². The zero-order valence-electron chi connectivity index (χ0n) is 13.6. The van der Waals surface area contributed by atoms with E-state index in [1.165, 1.54) is 0 Å². The Morgan fingerprint density at radius 3 is 2.76 bits per heavy atom. The molecule has 6 heteroatoms. The summed E-state index contributed by atoms with van der Waals surface area (Å²) < 4.78 is 11.0. The summed E-state index contributed by atoms with van der Waals surface area (Å²) >= 11 is 5.98. The largest absolute Gasteiger partial charge is 0.494 e. The predicted molar refractivity (Wildman–Crippen MR) is 99.1 cm³/mol. The number of carbonyl (C=O) groups is 1. The number of amides is 1. The molecule has 0 saturated carbocycles. The van der Waals surface area contributed by atoms with E-state index >= 15 is 0 Å². The second-order valence-corrected chi connectivity index (χ2v) is 5.75. The maximum atomic E-state index is 12.4. The molecule has 3 aromatic rings. The van der Waals surface area contributed by atoms with E-state index in [1.807, 2.05) is 19.1 Å². The van der Waals surface area contributed by atoms with Crippen molar-refractivity contribution < 1.29 is 13.9 Å². The fourth-order valence-corrected chi connectivity index (χ4v) is 2.54. The molecule has 128 valence electrons. The molecule has 0 radical (unpaired) electrons. The molecule has 2 aromatic carbocycles. The molecule has 0 bridgehead atoms. The molecule has 0 fully saturated rings. The van der Waals surface area contributed by atoms with Gasteiger partial charge in [0.2, 0.25) is 0 Å². The van der Waals surface area contributed by atoms with Gasteiger partial charge in [-0.2, -0.15) is 0 Å². The van der Waals surface area contributed by atoms with Crippen LogP contribution in [0.1, 0.15) is 17.5 Å². The first-order chi connectivity index (χ1) is 12.1. The third kappa shape index (κ3) is 3.95. The highest BCUT2D eigenvalue weighted by Gasteiger charge is 2.14. The standard InChI is InChI=1S/C19H17ClN2O3/c1-2-24-14-6-7-16(15(21)11-14)22-19(23)18-9-8-17(25-18)12-4-3-5-13(20)10-12/h3-11H,2,21H2,1H3,(H,22,23). The van der Waals surface area contributed by atoms with Crippen LogP contribution in [0.5, 0.6) is 5.75 Å². The smallest absolute Gasteiger partial charge is 0.291 e. The van der Waals surface area contributed by atoms with Gasteiger partial charge in [0.05, 0.1) is 18.0 Å². The molecule has 25 heavy (non-hydrogen) atoms. The summed E-state index contributed by atoms with van der Waals surface area (Å²) in [6.07, 6.45) is 0. The van der Waals surface area contributed by atoms with Crippen LogP contribution in [0.2, 0.25) is 5.02 Å². The lowest BCUT2D eigenvalue weighted by molar-refractivity contribution is 0.0997. The highest BCUT2D eigenvalue weighted by atomic mass is 35.5. The Kier molecular flexibility index (Phi) is 4.95. The van der Waals surface area contributed by atoms with Gasteiger partial charge in [0.1, 0.15) is 11.5 Å². The third-order valence-corrected chi connectivity index (χ3v) is 3.76. The van der Waals surface area contributed by atoms with Crippen molar-refractivity contribution in [2.45, 2.75) is 6.92 Å². The first kappa shape index (κ1) is 16.9. The van der Waals surface area contributed by atoms with Crippen LogP contribution in [0.25, 0.3) is 11.3 Å². The zero-order chi connectivity index (χ0) is 17.8. The van der Waals surface area contributed by atoms with Gasteiger partial charge in [-0.3, -0.25) is 4.79 Å². The number of hydrogen-bond acceptors (Lipinski definition) is 4. The minimum Gasteiger partial charge on any atom is -0.494 e. The van der Waals surface area contributed by atoms with E-state index in [4.69, 9.17) is 26.5 Å². The van der Waals surface area contributed by atoms with Crippen molar-refractivity contribution in [3.8, 4) is 17.1 Å². The number of nitrogen functional groups attached to an aromatic ring is 1. The molecule has 3 rings (SSSR count). The van der Waals surface area contributed by atoms with Crippen LogP contribution < -0.4 is 15.8 Å². The number of benzene rings is 2. The molecule has 1 amide bonds. The van der Waals surface area contributed by atoms with Crippen molar-refractivity contribution in [3.63, 3.8) is 0 Å². The second-order valence-electron chi connectivity index (χ2n) is 5.31. The molecule has 1 aromatic heterocycles. The maximum absolute atomic E-state index is 12.4. The van der Waals surface area contributed by atoms with Gasteiger partial charge < -0.3 is 20.2 Å². The van der Waals surface area contributed by atoms with Gasteiger partial charge in [-0.15, -0.1) is 0 Å². The van der Waals surface area contributed by atoms with Gasteiger partial charge in [-0.05, 0) is 43.3 Å². The Hall–Kier alpha value is -2.92. The Labute approximate surface area is 150 Å². The highest BCUT2D eigenvalue weighted by molar-refractivity contribution is 6.30. The Morgan fingerprint density at radius 1 is 1.20 bits per heavy atom. The summed E-state index contributed by atoms with van der Waals surface area (Å²) in [6.45, 7) is 2.43. The molecule has 0 aliphatic carbocycles. The lowest BCUT2D eigenvalue weighted by Crippen LogP contribution is -2.12. The van der Waals surface area contributed by atoms with Crippen molar-refractivity contribution in [2.24, 2.45) is 0 Å². The molecular formula is C19H17ClN2O3. The number of nitrogens with two attached hydrogens (primary N) is 1. The summed E-state index contributed by atoms with van der Waals surface area (Å²) in [5, 5.41) is 3.33. The minimum absolute atomic E-state index is 0.184. The molecule has 0 saturated heterocycles. The van der Waals surface area contributed by atoms with Crippen LogP contribution in [0, 0.1) is 0 Å². The number of hydrogen-bond donors (Lipinski definition) is 2. The molecule has 0 aliphatic heterocycles. The minimum atomic E-state index is -0.385. The van der Waals surface area contributed by atoms with Gasteiger partial charge in [0.15, 0.2) is 5.76 Å². The number of ether oxygens (including phenoxy) is 1. The maximum Gasteiger partial charge on any atom is 0.291 e. The number of anilines is 2. The van der Waals surface area contributed by atoms with Gasteiger partial charge in [-0.1, -0.05) is 23.7 Å². The van der Waals surface area contributed by atoms with Gasteiger partial charge >= 0.3 is 0 Å². The van der Waals surface area contributed by atoms with Crippen molar-refractivity contribution in [2.75, 3.05) is 17.7 Å². The average Bonchev–Trinajstić information content (AvgIpc) is 3.08. The van der Waals surface area contributed by atoms with E-state index in [-0.39, 0.29) is 11.7 Å². The summed E-state index contributed by atoms with van der Waals surface area (Å²) in [6, 6.07) is 15.7. The number of rotatable bonds is 5. The number of nitrogens with one attached hydrogen (secondary N) is 1. The lowest BCUT2D eigenvalue weighted by Gasteiger charge is -2.09. The molecule has 0 unspecified atom stereocenters. The number of halogens is 1. The molecular weight excluding hydrogens is 340 g/mol. The SMILES string of the molecule is CCOc1ccc(NC(=O)c2ccc(-c3cccc(Cl)c3)o2)c(N)c1.